The Hall–Kier alpha value is -1.33. The number of nitrogens with zero attached hydrogens (tertiary/aromatic N) is 1. The monoisotopic (exact) mass is 245 g/mol. The van der Waals surface area contributed by atoms with E-state index in [2.05, 4.69) is 9.72 Å². The van der Waals surface area contributed by atoms with Crippen molar-refractivity contribution in [2.24, 2.45) is 0 Å². The number of halogens is 1. The van der Waals surface area contributed by atoms with Gasteiger partial charge in [-0.05, 0) is 13.0 Å². The Labute approximate surface area is 98.0 Å². The summed E-state index contributed by atoms with van der Waals surface area (Å²) in [7, 11) is 1.26. The van der Waals surface area contributed by atoms with Crippen LogP contribution in [-0.4, -0.2) is 29.8 Å². The molecule has 0 atom stereocenters. The second-order valence-electron chi connectivity index (χ2n) is 2.85. The van der Waals surface area contributed by atoms with Crippen LogP contribution in [0.5, 0.6) is 5.88 Å². The topological polar surface area (TPSA) is 68.7 Å². The van der Waals surface area contributed by atoms with Gasteiger partial charge in [0.2, 0.25) is 5.88 Å². The van der Waals surface area contributed by atoms with Crippen molar-refractivity contribution in [2.45, 2.75) is 13.5 Å². The number of rotatable bonds is 4. The number of aromatic nitrogens is 1. The van der Waals surface area contributed by atoms with Crippen LogP contribution >= 0.6 is 11.6 Å². The molecule has 16 heavy (non-hydrogen) atoms. The number of ether oxygens (including phenoxy) is 2. The lowest BCUT2D eigenvalue weighted by Crippen LogP contribution is -2.09. The zero-order valence-corrected chi connectivity index (χ0v) is 9.74. The highest BCUT2D eigenvalue weighted by Crippen LogP contribution is 2.24. The molecule has 1 aromatic heterocycles. The van der Waals surface area contributed by atoms with Crippen LogP contribution in [-0.2, 0) is 11.3 Å². The molecule has 0 bridgehead atoms. The van der Waals surface area contributed by atoms with E-state index in [0.717, 1.165) is 0 Å². The summed E-state index contributed by atoms with van der Waals surface area (Å²) in [6.07, 6.45) is 0. The maximum Gasteiger partial charge on any atom is 0.343 e. The van der Waals surface area contributed by atoms with E-state index in [0.29, 0.717) is 6.61 Å². The van der Waals surface area contributed by atoms with Crippen LogP contribution in [0.15, 0.2) is 6.07 Å². The highest BCUT2D eigenvalue weighted by Gasteiger charge is 2.17. The molecule has 0 saturated carbocycles. The predicted molar refractivity (Wildman–Crippen MR) is 57.7 cm³/mol. The predicted octanol–water partition coefficient (Wildman–Crippen LogP) is 1.41. The fourth-order valence-electron chi connectivity index (χ4n) is 1.12. The third-order valence-corrected chi connectivity index (χ3v) is 2.18. The van der Waals surface area contributed by atoms with Gasteiger partial charge in [0.25, 0.3) is 0 Å². The van der Waals surface area contributed by atoms with Crippen LogP contribution in [0.25, 0.3) is 0 Å². The molecule has 0 fully saturated rings. The first kappa shape index (κ1) is 12.7. The second-order valence-corrected chi connectivity index (χ2v) is 3.26. The van der Waals surface area contributed by atoms with Gasteiger partial charge >= 0.3 is 5.97 Å². The minimum Gasteiger partial charge on any atom is -0.477 e. The quantitative estimate of drug-likeness (QED) is 0.813. The first-order chi connectivity index (χ1) is 7.63. The molecule has 0 saturated heterocycles. The Bertz CT molecular complexity index is 395. The largest absolute Gasteiger partial charge is 0.477 e. The zero-order chi connectivity index (χ0) is 12.1. The first-order valence-corrected chi connectivity index (χ1v) is 5.03. The van der Waals surface area contributed by atoms with Crippen LogP contribution in [0, 0.1) is 0 Å². The summed E-state index contributed by atoms with van der Waals surface area (Å²) in [5.41, 5.74) is 0.407. The third-order valence-electron chi connectivity index (χ3n) is 1.85. The molecule has 0 aliphatic carbocycles. The van der Waals surface area contributed by atoms with Gasteiger partial charge in [0.05, 0.1) is 31.0 Å². The molecule has 0 amide bonds. The minimum atomic E-state index is -0.581. The summed E-state index contributed by atoms with van der Waals surface area (Å²) < 4.78 is 9.75. The second kappa shape index (κ2) is 5.67. The van der Waals surface area contributed by atoms with Gasteiger partial charge in [-0.1, -0.05) is 11.6 Å². The van der Waals surface area contributed by atoms with Gasteiger partial charge in [-0.3, -0.25) is 0 Å². The summed E-state index contributed by atoms with van der Waals surface area (Å²) in [6.45, 7) is 1.79. The maximum absolute atomic E-state index is 11.4. The average molecular weight is 246 g/mol. The summed E-state index contributed by atoms with van der Waals surface area (Å²) >= 11 is 5.82. The molecule has 0 spiro atoms. The van der Waals surface area contributed by atoms with Crippen molar-refractivity contribution in [2.75, 3.05) is 13.7 Å². The Morgan fingerprint density at radius 3 is 2.81 bits per heavy atom. The first-order valence-electron chi connectivity index (χ1n) is 4.65. The highest BCUT2D eigenvalue weighted by molar-refractivity contribution is 6.31. The number of aliphatic hydroxyl groups excluding tert-OH is 1. The van der Waals surface area contributed by atoms with Crippen molar-refractivity contribution < 1.29 is 19.4 Å². The number of aliphatic hydroxyl groups is 1. The van der Waals surface area contributed by atoms with Crippen molar-refractivity contribution in [3.05, 3.63) is 22.3 Å². The lowest BCUT2D eigenvalue weighted by molar-refractivity contribution is 0.0595. The Balaban J connectivity index is 3.24. The molecule has 0 aliphatic heterocycles. The van der Waals surface area contributed by atoms with Crippen molar-refractivity contribution in [1.29, 1.82) is 0 Å². The zero-order valence-electron chi connectivity index (χ0n) is 8.99. The Morgan fingerprint density at radius 1 is 1.62 bits per heavy atom. The molecule has 0 aromatic carbocycles. The van der Waals surface area contributed by atoms with Gasteiger partial charge in [0, 0.05) is 0 Å². The summed E-state index contributed by atoms with van der Waals surface area (Å²) in [5, 5.41) is 9.18. The number of methoxy groups -OCH3 is 1. The number of carbonyl (C=O) groups excluding carboxylic acids is 1. The third kappa shape index (κ3) is 2.62. The molecule has 6 heteroatoms. The van der Waals surface area contributed by atoms with Crippen LogP contribution in [0.1, 0.15) is 23.0 Å². The fraction of sp³-hybridized carbons (Fsp3) is 0.400. The smallest absolute Gasteiger partial charge is 0.343 e. The van der Waals surface area contributed by atoms with Gasteiger partial charge < -0.3 is 14.6 Å². The van der Waals surface area contributed by atoms with E-state index >= 15 is 0 Å². The molecule has 1 aromatic rings. The minimum absolute atomic E-state index is 0.114. The summed E-state index contributed by atoms with van der Waals surface area (Å²) in [4.78, 5) is 15.3. The van der Waals surface area contributed by atoms with E-state index < -0.39 is 5.97 Å². The molecule has 1 N–H and O–H groups in total. The van der Waals surface area contributed by atoms with Crippen molar-refractivity contribution in [3.8, 4) is 5.88 Å². The van der Waals surface area contributed by atoms with Gasteiger partial charge in [-0.15, -0.1) is 0 Å². The van der Waals surface area contributed by atoms with Crippen LogP contribution in [0.2, 0.25) is 5.02 Å². The van der Waals surface area contributed by atoms with E-state index in [-0.39, 0.29) is 28.8 Å². The number of hydrogen-bond acceptors (Lipinski definition) is 5. The van der Waals surface area contributed by atoms with E-state index in [4.69, 9.17) is 21.4 Å². The summed E-state index contributed by atoms with van der Waals surface area (Å²) in [6, 6.07) is 1.37. The molecular formula is C10H12ClNO4. The molecule has 0 unspecified atom stereocenters. The standard InChI is InChI=1S/C10H12ClNO4/c1-3-16-9-6(10(14)15-2)4-7(11)8(5-13)12-9/h4,13H,3,5H2,1-2H3. The van der Waals surface area contributed by atoms with Gasteiger partial charge in [0.15, 0.2) is 0 Å². The van der Waals surface area contributed by atoms with Crippen LogP contribution < -0.4 is 4.74 Å². The van der Waals surface area contributed by atoms with Crippen molar-refractivity contribution in [1.82, 2.24) is 4.98 Å². The fourth-order valence-corrected chi connectivity index (χ4v) is 1.33. The molecule has 0 radical (unpaired) electrons. The van der Waals surface area contributed by atoms with Gasteiger partial charge in [0.1, 0.15) is 5.56 Å². The molecule has 1 heterocycles. The highest BCUT2D eigenvalue weighted by atomic mass is 35.5. The van der Waals surface area contributed by atoms with Gasteiger partial charge in [-0.25, -0.2) is 9.78 Å². The lowest BCUT2D eigenvalue weighted by atomic mass is 10.2. The SMILES string of the molecule is CCOc1nc(CO)c(Cl)cc1C(=O)OC. The van der Waals surface area contributed by atoms with E-state index in [9.17, 15) is 4.79 Å². The van der Waals surface area contributed by atoms with E-state index in [1.54, 1.807) is 6.92 Å². The van der Waals surface area contributed by atoms with Crippen molar-refractivity contribution in [3.63, 3.8) is 0 Å². The average Bonchev–Trinajstić information content (AvgIpc) is 2.30. The molecule has 0 aliphatic rings. The number of esters is 1. The summed E-state index contributed by atoms with van der Waals surface area (Å²) in [5.74, 6) is -0.467. The lowest BCUT2D eigenvalue weighted by Gasteiger charge is -2.10. The maximum atomic E-state index is 11.4. The molecular weight excluding hydrogens is 234 g/mol. The van der Waals surface area contributed by atoms with Gasteiger partial charge in [-0.2, -0.15) is 0 Å². The number of carbonyl (C=O) groups is 1. The number of hydrogen-bond donors (Lipinski definition) is 1. The Kier molecular flexibility index (Phi) is 4.52. The Morgan fingerprint density at radius 2 is 2.31 bits per heavy atom. The van der Waals surface area contributed by atoms with Crippen LogP contribution in [0.3, 0.4) is 0 Å². The molecule has 88 valence electrons. The van der Waals surface area contributed by atoms with Crippen LogP contribution in [0.4, 0.5) is 0 Å². The molecule has 1 rings (SSSR count). The van der Waals surface area contributed by atoms with E-state index in [1.165, 1.54) is 13.2 Å². The molecule has 5 nitrogen and oxygen atoms in total. The van der Waals surface area contributed by atoms with E-state index in [1.807, 2.05) is 0 Å². The normalized spacial score (nSPS) is 10.0. The van der Waals surface area contributed by atoms with Crippen molar-refractivity contribution >= 4 is 17.6 Å². The number of pyridine rings is 1.